The lowest BCUT2D eigenvalue weighted by molar-refractivity contribution is -0.154. The average Bonchev–Trinajstić information content (AvgIpc) is 3.11. The van der Waals surface area contributed by atoms with Gasteiger partial charge in [0.2, 0.25) is 0 Å². The summed E-state index contributed by atoms with van der Waals surface area (Å²) in [5.74, 6) is -0.976. The second kappa shape index (κ2) is 6.79. The third-order valence-corrected chi connectivity index (χ3v) is 4.18. The van der Waals surface area contributed by atoms with E-state index in [2.05, 4.69) is 15.5 Å². The lowest BCUT2D eigenvalue weighted by Gasteiger charge is -2.32. The number of pyridine rings is 1. The molecule has 2 aromatic rings. The first-order valence-electron chi connectivity index (χ1n) is 7.57. The van der Waals surface area contributed by atoms with Crippen molar-refractivity contribution in [3.05, 3.63) is 36.3 Å². The van der Waals surface area contributed by atoms with Crippen LogP contribution >= 0.6 is 0 Å². The number of carbonyl (C=O) groups excluding carboxylic acids is 1. The number of aliphatic carboxylic acids is 1. The van der Waals surface area contributed by atoms with Gasteiger partial charge in [-0.15, -0.1) is 0 Å². The molecule has 3 rings (SSSR count). The van der Waals surface area contributed by atoms with Gasteiger partial charge in [0.1, 0.15) is 0 Å². The SMILES string of the molecule is O=C(NCC1(C(=O)O)CCOCC1)c1cc(-c2cccnc2)on1. The highest BCUT2D eigenvalue weighted by atomic mass is 16.5. The largest absolute Gasteiger partial charge is 0.481 e. The predicted molar refractivity (Wildman–Crippen MR) is 82.2 cm³/mol. The Kier molecular flexibility index (Phi) is 4.57. The zero-order chi connectivity index (χ0) is 17.0. The van der Waals surface area contributed by atoms with E-state index >= 15 is 0 Å². The van der Waals surface area contributed by atoms with Crippen LogP contribution in [0.2, 0.25) is 0 Å². The van der Waals surface area contributed by atoms with E-state index in [-0.39, 0.29) is 12.2 Å². The summed E-state index contributed by atoms with van der Waals surface area (Å²) in [7, 11) is 0. The second-order valence-electron chi connectivity index (χ2n) is 5.70. The fourth-order valence-corrected chi connectivity index (χ4v) is 2.60. The summed E-state index contributed by atoms with van der Waals surface area (Å²) in [6.45, 7) is 0.772. The molecule has 0 atom stereocenters. The lowest BCUT2D eigenvalue weighted by Crippen LogP contribution is -2.46. The Morgan fingerprint density at radius 3 is 2.79 bits per heavy atom. The molecule has 1 aliphatic heterocycles. The number of carboxylic acid groups (broad SMARTS) is 1. The van der Waals surface area contributed by atoms with Gasteiger partial charge in [0.05, 0.1) is 5.41 Å². The van der Waals surface area contributed by atoms with Crippen molar-refractivity contribution >= 4 is 11.9 Å². The van der Waals surface area contributed by atoms with E-state index in [9.17, 15) is 14.7 Å². The van der Waals surface area contributed by atoms with Gasteiger partial charge in [-0.3, -0.25) is 14.6 Å². The van der Waals surface area contributed by atoms with Gasteiger partial charge in [-0.1, -0.05) is 5.16 Å². The Bertz CT molecular complexity index is 722. The van der Waals surface area contributed by atoms with Crippen LogP contribution in [0, 0.1) is 5.41 Å². The number of aromatic nitrogens is 2. The van der Waals surface area contributed by atoms with Crippen molar-refractivity contribution < 1.29 is 24.0 Å². The van der Waals surface area contributed by atoms with E-state index in [0.29, 0.717) is 37.4 Å². The molecule has 0 saturated carbocycles. The summed E-state index contributed by atoms with van der Waals surface area (Å²) in [6, 6.07) is 5.04. The molecule has 0 aliphatic carbocycles. The Morgan fingerprint density at radius 2 is 2.12 bits per heavy atom. The van der Waals surface area contributed by atoms with Gasteiger partial charge in [0, 0.05) is 43.8 Å². The van der Waals surface area contributed by atoms with E-state index in [4.69, 9.17) is 9.26 Å². The predicted octanol–water partition coefficient (Wildman–Crippen LogP) is 1.35. The molecule has 0 bridgehead atoms. The Morgan fingerprint density at radius 1 is 1.33 bits per heavy atom. The maximum Gasteiger partial charge on any atom is 0.311 e. The molecule has 1 aliphatic rings. The maximum atomic E-state index is 12.2. The highest BCUT2D eigenvalue weighted by molar-refractivity contribution is 5.93. The molecule has 0 aromatic carbocycles. The Balaban J connectivity index is 1.67. The maximum absolute atomic E-state index is 12.2. The monoisotopic (exact) mass is 331 g/mol. The highest BCUT2D eigenvalue weighted by Gasteiger charge is 2.40. The van der Waals surface area contributed by atoms with Gasteiger partial charge in [0.25, 0.3) is 5.91 Å². The number of nitrogens with one attached hydrogen (secondary N) is 1. The summed E-state index contributed by atoms with van der Waals surface area (Å²) in [5, 5.41) is 15.9. The molecule has 0 radical (unpaired) electrons. The standard InChI is InChI=1S/C16H17N3O5/c20-14(18-10-16(15(21)22)3-6-23-7-4-16)12-8-13(24-19-12)11-2-1-5-17-9-11/h1-2,5,8-9H,3-4,6-7,10H2,(H,18,20)(H,21,22). The van der Waals surface area contributed by atoms with Crippen LogP contribution in [0.1, 0.15) is 23.3 Å². The minimum absolute atomic E-state index is 0.0274. The summed E-state index contributed by atoms with van der Waals surface area (Å²) < 4.78 is 10.4. The van der Waals surface area contributed by atoms with E-state index in [1.54, 1.807) is 24.5 Å². The Labute approximate surface area is 137 Å². The molecule has 8 nitrogen and oxygen atoms in total. The van der Waals surface area contributed by atoms with Crippen LogP contribution in [0.5, 0.6) is 0 Å². The number of nitrogens with zero attached hydrogens (tertiary/aromatic N) is 2. The van der Waals surface area contributed by atoms with Gasteiger partial charge < -0.3 is 19.7 Å². The van der Waals surface area contributed by atoms with Gasteiger partial charge in [-0.05, 0) is 25.0 Å². The number of ether oxygens (including phenoxy) is 1. The molecule has 1 fully saturated rings. The van der Waals surface area contributed by atoms with E-state index in [0.717, 1.165) is 0 Å². The topological polar surface area (TPSA) is 115 Å². The normalized spacial score (nSPS) is 16.5. The summed E-state index contributed by atoms with van der Waals surface area (Å²) >= 11 is 0. The van der Waals surface area contributed by atoms with Crippen molar-refractivity contribution in [1.82, 2.24) is 15.5 Å². The zero-order valence-corrected chi connectivity index (χ0v) is 12.9. The number of hydrogen-bond acceptors (Lipinski definition) is 6. The summed E-state index contributed by atoms with van der Waals surface area (Å²) in [6.07, 6.45) is 3.96. The van der Waals surface area contributed by atoms with E-state index in [1.165, 1.54) is 6.07 Å². The molecule has 1 amide bonds. The molecular weight excluding hydrogens is 314 g/mol. The van der Waals surface area contributed by atoms with E-state index < -0.39 is 17.3 Å². The second-order valence-corrected chi connectivity index (χ2v) is 5.70. The van der Waals surface area contributed by atoms with Crippen LogP contribution < -0.4 is 5.32 Å². The van der Waals surface area contributed by atoms with Crippen LogP contribution in [0.25, 0.3) is 11.3 Å². The lowest BCUT2D eigenvalue weighted by atomic mass is 9.80. The quantitative estimate of drug-likeness (QED) is 0.849. The molecule has 8 heteroatoms. The zero-order valence-electron chi connectivity index (χ0n) is 12.9. The van der Waals surface area contributed by atoms with Gasteiger partial charge in [0.15, 0.2) is 11.5 Å². The van der Waals surface area contributed by atoms with Crippen LogP contribution in [-0.4, -0.2) is 46.9 Å². The smallest absolute Gasteiger partial charge is 0.311 e. The molecular formula is C16H17N3O5. The molecule has 2 N–H and O–H groups in total. The first-order chi connectivity index (χ1) is 11.6. The number of carboxylic acids is 1. The van der Waals surface area contributed by atoms with Crippen LogP contribution in [0.4, 0.5) is 0 Å². The minimum Gasteiger partial charge on any atom is -0.481 e. The van der Waals surface area contributed by atoms with Crippen LogP contribution in [0.3, 0.4) is 0 Å². The van der Waals surface area contributed by atoms with Gasteiger partial charge in [-0.25, -0.2) is 0 Å². The van der Waals surface area contributed by atoms with Crippen molar-refractivity contribution in [2.45, 2.75) is 12.8 Å². The molecule has 3 heterocycles. The summed E-state index contributed by atoms with van der Waals surface area (Å²) in [4.78, 5) is 27.8. The highest BCUT2D eigenvalue weighted by Crippen LogP contribution is 2.30. The van der Waals surface area contributed by atoms with Crippen molar-refractivity contribution in [3.8, 4) is 11.3 Å². The first kappa shape index (κ1) is 16.1. The molecule has 126 valence electrons. The van der Waals surface area contributed by atoms with Crippen molar-refractivity contribution in [3.63, 3.8) is 0 Å². The van der Waals surface area contributed by atoms with Crippen LogP contribution in [0.15, 0.2) is 35.1 Å². The number of hydrogen-bond donors (Lipinski definition) is 2. The van der Waals surface area contributed by atoms with Crippen molar-refractivity contribution in [2.24, 2.45) is 5.41 Å². The fraction of sp³-hybridized carbons (Fsp3) is 0.375. The third kappa shape index (κ3) is 3.28. The van der Waals surface area contributed by atoms with Crippen molar-refractivity contribution in [2.75, 3.05) is 19.8 Å². The van der Waals surface area contributed by atoms with Crippen LogP contribution in [-0.2, 0) is 9.53 Å². The number of rotatable bonds is 5. The van der Waals surface area contributed by atoms with Gasteiger partial charge in [-0.2, -0.15) is 0 Å². The number of carbonyl (C=O) groups is 2. The van der Waals surface area contributed by atoms with Gasteiger partial charge >= 0.3 is 5.97 Å². The Hall–Kier alpha value is -2.74. The molecule has 0 spiro atoms. The van der Waals surface area contributed by atoms with Crippen molar-refractivity contribution in [1.29, 1.82) is 0 Å². The minimum atomic E-state index is -0.996. The summed E-state index contributed by atoms with van der Waals surface area (Å²) in [5.41, 5.74) is -0.193. The molecule has 2 aromatic heterocycles. The average molecular weight is 331 g/mol. The fourth-order valence-electron chi connectivity index (χ4n) is 2.60. The van der Waals surface area contributed by atoms with E-state index in [1.807, 2.05) is 0 Å². The number of amides is 1. The molecule has 0 unspecified atom stereocenters. The first-order valence-corrected chi connectivity index (χ1v) is 7.57. The molecule has 1 saturated heterocycles. The molecule has 24 heavy (non-hydrogen) atoms. The third-order valence-electron chi connectivity index (χ3n) is 4.18.